The predicted molar refractivity (Wildman–Crippen MR) is 77.0 cm³/mol. The Kier molecular flexibility index (Phi) is 2.95. The number of fused-ring (bicyclic) bond motifs is 3. The van der Waals surface area contributed by atoms with Crippen LogP contribution in [0.2, 0.25) is 0 Å². The molecule has 1 aliphatic heterocycles. The minimum atomic E-state index is -0.242. The predicted octanol–water partition coefficient (Wildman–Crippen LogP) is 3.21. The number of hydrogen-bond acceptors (Lipinski definition) is 3. The Bertz CT molecular complexity index is 674. The average molecular weight is 253 g/mol. The Balaban J connectivity index is 2.07. The Morgan fingerprint density at radius 2 is 2.11 bits per heavy atom. The first-order valence-corrected chi connectivity index (χ1v) is 6.43. The molecular weight excluding hydrogens is 238 g/mol. The van der Waals surface area contributed by atoms with Gasteiger partial charge in [-0.1, -0.05) is 36.4 Å². The maximum absolute atomic E-state index is 11.7. The maximum Gasteiger partial charge on any atom is 0.335 e. The molecule has 0 unspecified atom stereocenters. The van der Waals surface area contributed by atoms with Crippen LogP contribution in [0, 0.1) is 0 Å². The molecule has 0 aromatic heterocycles. The number of nitrogens with one attached hydrogen (secondary N) is 1. The zero-order valence-electron chi connectivity index (χ0n) is 10.8. The van der Waals surface area contributed by atoms with E-state index in [1.165, 1.54) is 10.8 Å². The number of anilines is 1. The van der Waals surface area contributed by atoms with Crippen molar-refractivity contribution in [2.24, 2.45) is 0 Å². The lowest BCUT2D eigenvalue weighted by molar-refractivity contribution is -0.138. The van der Waals surface area contributed by atoms with Gasteiger partial charge in [-0.15, -0.1) is 0 Å². The van der Waals surface area contributed by atoms with E-state index in [9.17, 15) is 4.79 Å². The van der Waals surface area contributed by atoms with Gasteiger partial charge in [0.25, 0.3) is 0 Å². The van der Waals surface area contributed by atoms with Crippen LogP contribution in [0.3, 0.4) is 0 Å². The summed E-state index contributed by atoms with van der Waals surface area (Å²) in [4.78, 5) is 11.7. The van der Waals surface area contributed by atoms with Gasteiger partial charge in [-0.25, -0.2) is 4.79 Å². The molecular formula is C16H15NO2. The fourth-order valence-electron chi connectivity index (χ4n) is 2.38. The fraction of sp³-hybridized carbons (Fsp3) is 0.188. The van der Waals surface area contributed by atoms with Gasteiger partial charge < -0.3 is 10.1 Å². The molecule has 96 valence electrons. The van der Waals surface area contributed by atoms with E-state index in [4.69, 9.17) is 4.74 Å². The first kappa shape index (κ1) is 11.8. The normalized spacial score (nSPS) is 13.4. The van der Waals surface area contributed by atoms with Crippen LogP contribution < -0.4 is 5.32 Å². The SMILES string of the molecule is CCOC(=O)C1=Cc2ccc3ccccc3c2NC1. The largest absolute Gasteiger partial charge is 0.463 e. The van der Waals surface area contributed by atoms with Gasteiger partial charge in [0.15, 0.2) is 0 Å². The van der Waals surface area contributed by atoms with Crippen molar-refractivity contribution in [2.45, 2.75) is 6.92 Å². The van der Waals surface area contributed by atoms with Crippen molar-refractivity contribution in [3.8, 4) is 0 Å². The molecule has 0 spiro atoms. The quantitative estimate of drug-likeness (QED) is 0.835. The number of rotatable bonds is 2. The topological polar surface area (TPSA) is 38.3 Å². The molecule has 0 radical (unpaired) electrons. The summed E-state index contributed by atoms with van der Waals surface area (Å²) in [6.07, 6.45) is 1.91. The number of carbonyl (C=O) groups excluding carboxylic acids is 1. The van der Waals surface area contributed by atoms with Crippen molar-refractivity contribution in [3.63, 3.8) is 0 Å². The molecule has 1 heterocycles. The minimum absolute atomic E-state index is 0.242. The highest BCUT2D eigenvalue weighted by Gasteiger charge is 2.17. The summed E-state index contributed by atoms with van der Waals surface area (Å²) in [5, 5.41) is 5.70. The molecule has 3 rings (SSSR count). The average Bonchev–Trinajstić information content (AvgIpc) is 2.46. The van der Waals surface area contributed by atoms with E-state index in [0.29, 0.717) is 18.7 Å². The van der Waals surface area contributed by atoms with Crippen LogP contribution in [0.15, 0.2) is 42.0 Å². The first-order chi connectivity index (χ1) is 9.29. The highest BCUT2D eigenvalue weighted by atomic mass is 16.5. The number of benzene rings is 2. The second-order valence-corrected chi connectivity index (χ2v) is 4.49. The van der Waals surface area contributed by atoms with E-state index in [1.54, 1.807) is 0 Å². The number of ether oxygens (including phenoxy) is 1. The van der Waals surface area contributed by atoms with E-state index >= 15 is 0 Å². The summed E-state index contributed by atoms with van der Waals surface area (Å²) in [5.74, 6) is -0.242. The lowest BCUT2D eigenvalue weighted by atomic mass is 9.99. The fourth-order valence-corrected chi connectivity index (χ4v) is 2.38. The van der Waals surface area contributed by atoms with Gasteiger partial charge >= 0.3 is 5.97 Å². The van der Waals surface area contributed by atoms with Crippen molar-refractivity contribution in [1.29, 1.82) is 0 Å². The molecule has 3 heteroatoms. The van der Waals surface area contributed by atoms with Crippen LogP contribution in [-0.2, 0) is 9.53 Å². The molecule has 2 aromatic carbocycles. The van der Waals surface area contributed by atoms with Crippen LogP contribution in [-0.4, -0.2) is 19.1 Å². The van der Waals surface area contributed by atoms with E-state index in [-0.39, 0.29) is 5.97 Å². The van der Waals surface area contributed by atoms with Crippen molar-refractivity contribution >= 4 is 28.5 Å². The Labute approximate surface area is 111 Å². The Morgan fingerprint density at radius 1 is 1.26 bits per heavy atom. The van der Waals surface area contributed by atoms with Crippen LogP contribution in [0.5, 0.6) is 0 Å². The van der Waals surface area contributed by atoms with E-state index in [0.717, 1.165) is 11.3 Å². The molecule has 19 heavy (non-hydrogen) atoms. The molecule has 1 aliphatic rings. The zero-order chi connectivity index (χ0) is 13.2. The summed E-state index contributed by atoms with van der Waals surface area (Å²) in [5.41, 5.74) is 2.80. The van der Waals surface area contributed by atoms with E-state index in [1.807, 2.05) is 31.2 Å². The molecule has 0 bridgehead atoms. The molecule has 0 saturated carbocycles. The third-order valence-electron chi connectivity index (χ3n) is 3.28. The van der Waals surface area contributed by atoms with Crippen molar-refractivity contribution < 1.29 is 9.53 Å². The van der Waals surface area contributed by atoms with Crippen molar-refractivity contribution in [1.82, 2.24) is 0 Å². The van der Waals surface area contributed by atoms with Crippen LogP contribution >= 0.6 is 0 Å². The van der Waals surface area contributed by atoms with Gasteiger partial charge in [0.2, 0.25) is 0 Å². The zero-order valence-corrected chi connectivity index (χ0v) is 10.8. The van der Waals surface area contributed by atoms with Crippen molar-refractivity contribution in [3.05, 3.63) is 47.5 Å². The van der Waals surface area contributed by atoms with Gasteiger partial charge in [0, 0.05) is 17.6 Å². The molecule has 0 atom stereocenters. The van der Waals surface area contributed by atoms with Crippen LogP contribution in [0.1, 0.15) is 12.5 Å². The number of hydrogen-bond donors (Lipinski definition) is 1. The first-order valence-electron chi connectivity index (χ1n) is 6.43. The summed E-state index contributed by atoms with van der Waals surface area (Å²) >= 11 is 0. The van der Waals surface area contributed by atoms with Gasteiger partial charge in [-0.05, 0) is 23.9 Å². The van der Waals surface area contributed by atoms with Gasteiger partial charge in [-0.2, -0.15) is 0 Å². The van der Waals surface area contributed by atoms with Crippen LogP contribution in [0.25, 0.3) is 16.8 Å². The number of esters is 1. The monoisotopic (exact) mass is 253 g/mol. The summed E-state index contributed by atoms with van der Waals surface area (Å²) in [6.45, 7) is 2.73. The lowest BCUT2D eigenvalue weighted by Crippen LogP contribution is -2.19. The molecule has 3 nitrogen and oxygen atoms in total. The second kappa shape index (κ2) is 4.76. The van der Waals surface area contributed by atoms with Gasteiger partial charge in [0.05, 0.1) is 12.2 Å². The third kappa shape index (κ3) is 2.08. The Morgan fingerprint density at radius 3 is 2.95 bits per heavy atom. The molecule has 0 aliphatic carbocycles. The van der Waals surface area contributed by atoms with E-state index in [2.05, 4.69) is 23.5 Å². The summed E-state index contributed by atoms with van der Waals surface area (Å²) < 4.78 is 5.04. The molecule has 0 amide bonds. The standard InChI is InChI=1S/C16H15NO2/c1-2-19-16(18)13-9-12-8-7-11-5-3-4-6-14(11)15(12)17-10-13/h3-9,17H,2,10H2,1H3. The number of carbonyl (C=O) groups is 1. The molecule has 2 aromatic rings. The third-order valence-corrected chi connectivity index (χ3v) is 3.28. The minimum Gasteiger partial charge on any atom is -0.463 e. The second-order valence-electron chi connectivity index (χ2n) is 4.49. The highest BCUT2D eigenvalue weighted by Crippen LogP contribution is 2.32. The summed E-state index contributed by atoms with van der Waals surface area (Å²) in [6, 6.07) is 12.3. The molecule has 1 N–H and O–H groups in total. The Hall–Kier alpha value is -2.29. The van der Waals surface area contributed by atoms with Gasteiger partial charge in [0.1, 0.15) is 0 Å². The molecule has 0 saturated heterocycles. The maximum atomic E-state index is 11.7. The highest BCUT2D eigenvalue weighted by molar-refractivity contribution is 6.03. The molecule has 0 fully saturated rings. The lowest BCUT2D eigenvalue weighted by Gasteiger charge is -2.19. The summed E-state index contributed by atoms with van der Waals surface area (Å²) in [7, 11) is 0. The van der Waals surface area contributed by atoms with Crippen LogP contribution in [0.4, 0.5) is 5.69 Å². The van der Waals surface area contributed by atoms with Gasteiger partial charge in [-0.3, -0.25) is 0 Å². The smallest absolute Gasteiger partial charge is 0.335 e. The van der Waals surface area contributed by atoms with Crippen molar-refractivity contribution in [2.75, 3.05) is 18.5 Å². The van der Waals surface area contributed by atoms with E-state index < -0.39 is 0 Å².